The third-order valence-electron chi connectivity index (χ3n) is 10.4. The molecule has 0 bridgehead atoms. The molecule has 250 valence electrons. The highest BCUT2D eigenvalue weighted by Gasteiger charge is 2.65. The molecule has 1 spiro atoms. The van der Waals surface area contributed by atoms with E-state index in [4.69, 9.17) is 4.74 Å². The fraction of sp³-hybridized carbons (Fsp3) is 0.421. The zero-order chi connectivity index (χ0) is 33.6. The number of aliphatic hydroxyl groups is 2. The molecule has 2 fully saturated rings. The van der Waals surface area contributed by atoms with Crippen LogP contribution in [0, 0.1) is 11.8 Å². The molecule has 10 heteroatoms. The molecule has 7 rings (SSSR count). The molecular weight excluding hydrogens is 606 g/mol. The number of anilines is 2. The number of rotatable bonds is 9. The van der Waals surface area contributed by atoms with Crippen LogP contribution < -0.4 is 9.80 Å². The van der Waals surface area contributed by atoms with Crippen molar-refractivity contribution in [2.24, 2.45) is 11.8 Å². The van der Waals surface area contributed by atoms with Crippen molar-refractivity contribution in [3.8, 4) is 0 Å². The molecular formula is C38H43N5O5. The van der Waals surface area contributed by atoms with Gasteiger partial charge in [-0.15, -0.1) is 5.10 Å². The van der Waals surface area contributed by atoms with E-state index in [-0.39, 0.29) is 23.7 Å². The molecule has 48 heavy (non-hydrogen) atoms. The minimum absolute atomic E-state index is 0.131. The van der Waals surface area contributed by atoms with Crippen LogP contribution in [0.2, 0.25) is 0 Å². The van der Waals surface area contributed by atoms with Crippen LogP contribution in [0.3, 0.4) is 0 Å². The lowest BCUT2D eigenvalue weighted by Crippen LogP contribution is -2.46. The molecule has 3 aromatic carbocycles. The Kier molecular flexibility index (Phi) is 8.43. The number of para-hydroxylation sites is 1. The third kappa shape index (κ3) is 5.61. The van der Waals surface area contributed by atoms with Crippen molar-refractivity contribution in [1.29, 1.82) is 0 Å². The van der Waals surface area contributed by atoms with E-state index in [2.05, 4.69) is 10.3 Å². The van der Waals surface area contributed by atoms with E-state index in [0.29, 0.717) is 38.2 Å². The Balaban J connectivity index is 1.15. The number of fused-ring (bicyclic) bond motifs is 2. The number of amides is 2. The average molecular weight is 650 g/mol. The van der Waals surface area contributed by atoms with Crippen LogP contribution in [0.5, 0.6) is 0 Å². The predicted molar refractivity (Wildman–Crippen MR) is 181 cm³/mol. The maximum Gasteiger partial charge on any atom is 0.264 e. The first-order chi connectivity index (χ1) is 23.1. The van der Waals surface area contributed by atoms with Crippen LogP contribution in [0.1, 0.15) is 74.9 Å². The van der Waals surface area contributed by atoms with E-state index in [1.165, 1.54) is 0 Å². The lowest BCUT2D eigenvalue weighted by Gasteiger charge is -2.34. The van der Waals surface area contributed by atoms with E-state index in [0.717, 1.165) is 40.9 Å². The van der Waals surface area contributed by atoms with Crippen molar-refractivity contribution in [2.75, 3.05) is 16.3 Å². The summed E-state index contributed by atoms with van der Waals surface area (Å²) in [7, 11) is 0. The minimum Gasteiger partial charge on any atom is -0.390 e. The molecule has 5 atom stereocenters. The van der Waals surface area contributed by atoms with Gasteiger partial charge in [-0.1, -0.05) is 72.8 Å². The van der Waals surface area contributed by atoms with Crippen molar-refractivity contribution >= 4 is 23.2 Å². The van der Waals surface area contributed by atoms with E-state index >= 15 is 0 Å². The van der Waals surface area contributed by atoms with E-state index in [1.807, 2.05) is 90.7 Å². The Bertz CT molecular complexity index is 1800. The Morgan fingerprint density at radius 1 is 1.02 bits per heavy atom. The Hall–Kier alpha value is -4.38. The number of ether oxygens (including phenoxy) is 1. The number of aromatic nitrogens is 3. The van der Waals surface area contributed by atoms with Gasteiger partial charge in [-0.2, -0.15) is 0 Å². The molecule has 0 unspecified atom stereocenters. The summed E-state index contributed by atoms with van der Waals surface area (Å²) in [4.78, 5) is 31.0. The molecule has 4 aromatic rings. The van der Waals surface area contributed by atoms with Crippen LogP contribution >= 0.6 is 0 Å². The van der Waals surface area contributed by atoms with Crippen LogP contribution in [0.15, 0.2) is 85.1 Å². The normalized spacial score (nSPS) is 24.8. The predicted octanol–water partition coefficient (Wildman–Crippen LogP) is 5.13. The van der Waals surface area contributed by atoms with Crippen molar-refractivity contribution in [1.82, 2.24) is 15.0 Å². The molecule has 0 saturated carbocycles. The number of hydrogen-bond acceptors (Lipinski definition) is 7. The highest BCUT2D eigenvalue weighted by atomic mass is 16.5. The van der Waals surface area contributed by atoms with Crippen molar-refractivity contribution < 1.29 is 24.5 Å². The van der Waals surface area contributed by atoms with E-state index in [9.17, 15) is 19.8 Å². The molecule has 2 amide bonds. The quantitative estimate of drug-likeness (QED) is 0.258. The minimum atomic E-state index is -1.27. The first-order valence-corrected chi connectivity index (χ1v) is 16.9. The highest BCUT2D eigenvalue weighted by molar-refractivity contribution is 6.07. The van der Waals surface area contributed by atoms with Crippen molar-refractivity contribution in [2.45, 2.75) is 83.0 Å². The van der Waals surface area contributed by atoms with Gasteiger partial charge in [0.05, 0.1) is 30.1 Å². The van der Waals surface area contributed by atoms with Gasteiger partial charge in [0.25, 0.3) is 5.91 Å². The lowest BCUT2D eigenvalue weighted by molar-refractivity contribution is -0.146. The highest BCUT2D eigenvalue weighted by Crippen LogP contribution is 2.58. The molecule has 2 N–H and O–H groups in total. The molecule has 2 saturated heterocycles. The molecule has 1 aromatic heterocycles. The van der Waals surface area contributed by atoms with Gasteiger partial charge in [0.15, 0.2) is 5.60 Å². The zero-order valence-corrected chi connectivity index (χ0v) is 27.7. The number of piperidine rings is 1. The van der Waals surface area contributed by atoms with Crippen LogP contribution in [-0.4, -0.2) is 55.3 Å². The molecule has 3 aliphatic rings. The number of nitrogens with zero attached hydrogens (tertiary/aromatic N) is 5. The standard InChI is InChI=1S/C38H43N5O5/c1-25-34(37(2,3)47)32(19-21-41-24-30(39-40-41)35(45)27-13-5-4-6-14-27)48-38(25)29-16-7-8-17-31(29)43(36(38)46)23-26-12-11-15-28(22-26)42-20-10-9-18-33(42)44/h4-8,11-17,22,24-25,32,34-35,45,47H,9-10,18-21,23H2,1-3H3/t25-,32+,34-,35-,38+/m1/s1. The van der Waals surface area contributed by atoms with E-state index in [1.54, 1.807) is 29.6 Å². The van der Waals surface area contributed by atoms with Gasteiger partial charge in [-0.25, -0.2) is 0 Å². The summed E-state index contributed by atoms with van der Waals surface area (Å²) in [6, 6.07) is 25.0. The Morgan fingerprint density at radius 3 is 2.56 bits per heavy atom. The number of benzene rings is 3. The van der Waals surface area contributed by atoms with Gasteiger partial charge in [-0.05, 0) is 62.4 Å². The van der Waals surface area contributed by atoms with Gasteiger partial charge in [0.1, 0.15) is 11.8 Å². The second-order valence-corrected chi connectivity index (χ2v) is 13.9. The van der Waals surface area contributed by atoms with Gasteiger partial charge < -0.3 is 24.7 Å². The summed E-state index contributed by atoms with van der Waals surface area (Å²) in [6.07, 6.45) is 3.30. The summed E-state index contributed by atoms with van der Waals surface area (Å²) in [6.45, 7) is 7.02. The average Bonchev–Trinajstić information content (AvgIpc) is 3.75. The molecule has 4 heterocycles. The first-order valence-electron chi connectivity index (χ1n) is 16.9. The summed E-state index contributed by atoms with van der Waals surface area (Å²) < 4.78 is 8.61. The molecule has 10 nitrogen and oxygen atoms in total. The maximum absolute atomic E-state index is 14.7. The Morgan fingerprint density at radius 2 is 1.79 bits per heavy atom. The number of hydrogen-bond donors (Lipinski definition) is 2. The van der Waals surface area contributed by atoms with Gasteiger partial charge in [0, 0.05) is 42.6 Å². The summed E-state index contributed by atoms with van der Waals surface area (Å²) in [5, 5.41) is 30.8. The van der Waals surface area contributed by atoms with Crippen LogP contribution in [0.4, 0.5) is 11.4 Å². The third-order valence-corrected chi connectivity index (χ3v) is 10.4. The number of carbonyl (C=O) groups excluding carboxylic acids is 2. The monoisotopic (exact) mass is 649 g/mol. The maximum atomic E-state index is 14.7. The van der Waals surface area contributed by atoms with Gasteiger partial charge in [0.2, 0.25) is 5.91 Å². The zero-order valence-electron chi connectivity index (χ0n) is 27.7. The Labute approximate surface area is 280 Å². The number of carbonyl (C=O) groups is 2. The largest absolute Gasteiger partial charge is 0.390 e. The lowest BCUT2D eigenvalue weighted by atomic mass is 9.71. The second kappa shape index (κ2) is 12.6. The second-order valence-electron chi connectivity index (χ2n) is 13.9. The van der Waals surface area contributed by atoms with Crippen LogP contribution in [-0.2, 0) is 33.0 Å². The van der Waals surface area contributed by atoms with Crippen molar-refractivity contribution in [3.05, 3.63) is 107 Å². The smallest absolute Gasteiger partial charge is 0.264 e. The topological polar surface area (TPSA) is 121 Å². The molecule has 3 aliphatic heterocycles. The molecule has 0 aliphatic carbocycles. The first kappa shape index (κ1) is 32.2. The van der Waals surface area contributed by atoms with Gasteiger partial charge in [-0.3, -0.25) is 14.3 Å². The van der Waals surface area contributed by atoms with Crippen LogP contribution in [0.25, 0.3) is 0 Å². The van der Waals surface area contributed by atoms with E-state index < -0.39 is 23.4 Å². The fourth-order valence-electron chi connectivity index (χ4n) is 8.16. The SMILES string of the molecule is C[C@@H]1[C@@H](C(C)(C)O)[C@H](CCn2cc([C@H](O)c3ccccc3)nn2)O[C@@]12C(=O)N(Cc1cccc(N3CCCCC3=O)c1)c1ccccc12. The van der Waals surface area contributed by atoms with Gasteiger partial charge >= 0.3 is 0 Å². The summed E-state index contributed by atoms with van der Waals surface area (Å²) in [5.41, 5.74) is 2.14. The number of aryl methyl sites for hydroxylation is 1. The fourth-order valence-corrected chi connectivity index (χ4v) is 8.16. The summed E-state index contributed by atoms with van der Waals surface area (Å²) >= 11 is 0. The summed E-state index contributed by atoms with van der Waals surface area (Å²) in [5.74, 6) is -0.724. The molecule has 0 radical (unpaired) electrons. The number of aliphatic hydroxyl groups excluding tert-OH is 1. The van der Waals surface area contributed by atoms with Crippen molar-refractivity contribution in [3.63, 3.8) is 0 Å².